The van der Waals surface area contributed by atoms with Crippen molar-refractivity contribution in [3.63, 3.8) is 0 Å². The monoisotopic (exact) mass is 398 g/mol. The highest BCUT2D eigenvalue weighted by Gasteiger charge is 2.26. The number of amides is 1. The largest absolute Gasteiger partial charge is 0.463 e. The minimum atomic E-state index is -4.22. The van der Waals surface area contributed by atoms with Gasteiger partial charge in [0, 0.05) is 24.4 Å². The molecular formula is C16H17F3N6O3. The molecular weight excluding hydrogens is 381 g/mol. The molecule has 2 aromatic rings. The van der Waals surface area contributed by atoms with Gasteiger partial charge in [0.05, 0.1) is 18.0 Å². The molecule has 0 spiro atoms. The van der Waals surface area contributed by atoms with Gasteiger partial charge in [-0.15, -0.1) is 4.99 Å². The molecule has 2 heterocycles. The van der Waals surface area contributed by atoms with Gasteiger partial charge in [0.25, 0.3) is 0 Å². The van der Waals surface area contributed by atoms with E-state index in [0.717, 1.165) is 0 Å². The molecule has 0 aliphatic carbocycles. The number of aromatic nitrogens is 3. The number of halogens is 3. The van der Waals surface area contributed by atoms with E-state index in [2.05, 4.69) is 19.9 Å². The van der Waals surface area contributed by atoms with Crippen LogP contribution in [0.4, 0.5) is 18.0 Å². The summed E-state index contributed by atoms with van der Waals surface area (Å²) in [5.41, 5.74) is 11.6. The Labute approximate surface area is 157 Å². The van der Waals surface area contributed by atoms with Crippen molar-refractivity contribution in [3.05, 3.63) is 36.3 Å². The van der Waals surface area contributed by atoms with Crippen molar-refractivity contribution in [3.8, 4) is 17.3 Å². The van der Waals surface area contributed by atoms with Crippen LogP contribution in [0, 0.1) is 0 Å². The van der Waals surface area contributed by atoms with Gasteiger partial charge in [-0.1, -0.05) is 6.07 Å². The fourth-order valence-electron chi connectivity index (χ4n) is 1.95. The van der Waals surface area contributed by atoms with Gasteiger partial charge >= 0.3 is 18.3 Å². The molecule has 0 aromatic carbocycles. The Morgan fingerprint density at radius 2 is 1.89 bits per heavy atom. The van der Waals surface area contributed by atoms with Crippen LogP contribution in [0.1, 0.15) is 18.5 Å². The lowest BCUT2D eigenvalue weighted by Gasteiger charge is -2.07. The molecule has 2 rings (SSSR count). The fourth-order valence-corrected chi connectivity index (χ4v) is 1.95. The fraction of sp³-hybridized carbons (Fsp3) is 0.312. The van der Waals surface area contributed by atoms with Crippen LogP contribution in [0.25, 0.3) is 11.3 Å². The first-order valence-electron chi connectivity index (χ1n) is 7.97. The van der Waals surface area contributed by atoms with Gasteiger partial charge < -0.3 is 20.9 Å². The molecule has 2 aromatic heterocycles. The number of ether oxygens (including phenoxy) is 2. The van der Waals surface area contributed by atoms with Gasteiger partial charge in [0.2, 0.25) is 0 Å². The number of aliphatic imine (C=N–C) groups is 1. The first-order chi connectivity index (χ1) is 13.2. The highest BCUT2D eigenvalue weighted by molar-refractivity contribution is 5.87. The number of rotatable bonds is 7. The van der Waals surface area contributed by atoms with Crippen LogP contribution in [-0.4, -0.2) is 39.8 Å². The summed E-state index contributed by atoms with van der Waals surface area (Å²) in [4.78, 5) is 26.7. The summed E-state index contributed by atoms with van der Waals surface area (Å²) >= 11 is 0. The van der Waals surface area contributed by atoms with Gasteiger partial charge in [-0.05, 0) is 18.6 Å². The Hall–Kier alpha value is -3.44. The summed E-state index contributed by atoms with van der Waals surface area (Å²) in [5.74, 6) is -0.412. The number of guanidine groups is 1. The number of hydrogen-bond donors (Lipinski definition) is 2. The molecule has 0 saturated heterocycles. The van der Waals surface area contributed by atoms with Crippen molar-refractivity contribution in [1.29, 1.82) is 0 Å². The van der Waals surface area contributed by atoms with Crippen LogP contribution < -0.4 is 16.2 Å². The second kappa shape index (κ2) is 9.48. The van der Waals surface area contributed by atoms with Crippen molar-refractivity contribution in [2.45, 2.75) is 25.6 Å². The van der Waals surface area contributed by atoms with E-state index < -0.39 is 24.6 Å². The highest BCUT2D eigenvalue weighted by Crippen LogP contribution is 2.21. The summed E-state index contributed by atoms with van der Waals surface area (Å²) in [7, 11) is 0. The number of alkyl halides is 3. The van der Waals surface area contributed by atoms with Crippen molar-refractivity contribution >= 4 is 12.1 Å². The zero-order valence-electron chi connectivity index (χ0n) is 14.5. The molecule has 0 radical (unpaired) electrons. The molecule has 0 atom stereocenters. The molecule has 0 aliphatic heterocycles. The smallest absolute Gasteiger partial charge is 0.437 e. The summed E-state index contributed by atoms with van der Waals surface area (Å²) in [5, 5.41) is 0. The van der Waals surface area contributed by atoms with Crippen LogP contribution >= 0.6 is 0 Å². The van der Waals surface area contributed by atoms with E-state index in [9.17, 15) is 18.0 Å². The topological polar surface area (TPSA) is 139 Å². The predicted octanol–water partition coefficient (Wildman–Crippen LogP) is 2.17. The van der Waals surface area contributed by atoms with E-state index in [4.69, 9.17) is 20.9 Å². The van der Waals surface area contributed by atoms with Crippen LogP contribution in [0.15, 0.2) is 35.6 Å². The van der Waals surface area contributed by atoms with Gasteiger partial charge in [-0.25, -0.2) is 19.7 Å². The molecule has 0 bridgehead atoms. The minimum Gasteiger partial charge on any atom is -0.463 e. The van der Waals surface area contributed by atoms with E-state index in [1.807, 2.05) is 0 Å². The Morgan fingerprint density at radius 1 is 1.18 bits per heavy atom. The molecule has 0 unspecified atom stereocenters. The summed E-state index contributed by atoms with van der Waals surface area (Å²) in [6.45, 7) is -0.293. The third-order valence-corrected chi connectivity index (χ3v) is 3.13. The maximum Gasteiger partial charge on any atom is 0.437 e. The van der Waals surface area contributed by atoms with Gasteiger partial charge in [0.1, 0.15) is 6.61 Å². The molecule has 9 nitrogen and oxygen atoms in total. The Morgan fingerprint density at radius 3 is 2.54 bits per heavy atom. The molecule has 12 heteroatoms. The Bertz CT molecular complexity index is 823. The summed E-state index contributed by atoms with van der Waals surface area (Å²) < 4.78 is 46.1. The Balaban J connectivity index is 1.92. The summed E-state index contributed by atoms with van der Waals surface area (Å²) in [6, 6.07) is 4.97. The first-order valence-corrected chi connectivity index (χ1v) is 7.97. The number of pyridine rings is 1. The number of carbonyl (C=O) groups is 1. The van der Waals surface area contributed by atoms with Gasteiger partial charge in [-0.3, -0.25) is 0 Å². The number of carbonyl (C=O) groups excluding carboxylic acids is 1. The molecule has 0 fully saturated rings. The summed E-state index contributed by atoms with van der Waals surface area (Å²) in [6.07, 6.45) is -3.44. The normalized spacial score (nSPS) is 11.0. The van der Waals surface area contributed by atoms with E-state index in [0.29, 0.717) is 17.0 Å². The molecule has 28 heavy (non-hydrogen) atoms. The zero-order chi connectivity index (χ0) is 20.6. The van der Waals surface area contributed by atoms with Crippen LogP contribution in [0.2, 0.25) is 0 Å². The molecule has 0 saturated carbocycles. The number of nitrogens with zero attached hydrogens (tertiary/aromatic N) is 4. The lowest BCUT2D eigenvalue weighted by Crippen LogP contribution is -2.24. The quantitative estimate of drug-likeness (QED) is 0.411. The second-order valence-corrected chi connectivity index (χ2v) is 5.43. The van der Waals surface area contributed by atoms with Crippen LogP contribution in [-0.2, 0) is 11.3 Å². The third kappa shape index (κ3) is 7.43. The number of hydrogen-bond acceptors (Lipinski definition) is 6. The van der Waals surface area contributed by atoms with Crippen molar-refractivity contribution in [1.82, 2.24) is 15.0 Å². The molecule has 150 valence electrons. The van der Waals surface area contributed by atoms with Crippen molar-refractivity contribution < 1.29 is 27.4 Å². The van der Waals surface area contributed by atoms with Gasteiger partial charge in [-0.2, -0.15) is 13.2 Å². The predicted molar refractivity (Wildman–Crippen MR) is 92.0 cm³/mol. The number of nitrogens with two attached hydrogens (primary N) is 2. The molecule has 1 amide bonds. The van der Waals surface area contributed by atoms with Crippen LogP contribution in [0.5, 0.6) is 6.01 Å². The van der Waals surface area contributed by atoms with Gasteiger partial charge in [0.15, 0.2) is 5.96 Å². The van der Waals surface area contributed by atoms with Crippen molar-refractivity contribution in [2.24, 2.45) is 16.5 Å². The van der Waals surface area contributed by atoms with E-state index in [1.165, 1.54) is 12.4 Å². The SMILES string of the molecule is NC(N)=NC(=O)OCc1cccc(-c2cnc(OCCCC(F)(F)F)nc2)n1. The minimum absolute atomic E-state index is 0.0340. The first kappa shape index (κ1) is 20.9. The second-order valence-electron chi connectivity index (χ2n) is 5.43. The molecule has 0 aliphatic rings. The third-order valence-electron chi connectivity index (χ3n) is 3.13. The highest BCUT2D eigenvalue weighted by atomic mass is 19.4. The van der Waals surface area contributed by atoms with Crippen molar-refractivity contribution in [2.75, 3.05) is 6.61 Å². The van der Waals surface area contributed by atoms with E-state index in [-0.39, 0.29) is 25.6 Å². The average Bonchev–Trinajstić information content (AvgIpc) is 2.63. The Kier molecular flexibility index (Phi) is 7.07. The van der Waals surface area contributed by atoms with Crippen LogP contribution in [0.3, 0.4) is 0 Å². The van der Waals surface area contributed by atoms with E-state index in [1.54, 1.807) is 18.2 Å². The maximum absolute atomic E-state index is 12.1. The maximum atomic E-state index is 12.1. The molecule has 4 N–H and O–H groups in total. The standard InChI is InChI=1S/C16H17F3N6O3/c17-16(18,19)5-2-6-27-14-22-7-10(8-23-14)12-4-1-3-11(24-12)9-28-15(26)25-13(20)21/h1,3-4,7-8H,2,5-6,9H2,(H4,20,21,25,26). The lowest BCUT2D eigenvalue weighted by atomic mass is 10.2. The van der Waals surface area contributed by atoms with E-state index >= 15 is 0 Å². The average molecular weight is 398 g/mol. The lowest BCUT2D eigenvalue weighted by molar-refractivity contribution is -0.136. The zero-order valence-corrected chi connectivity index (χ0v) is 14.5.